The van der Waals surface area contributed by atoms with E-state index in [1.54, 1.807) is 7.11 Å². The van der Waals surface area contributed by atoms with Gasteiger partial charge in [-0.3, -0.25) is 4.79 Å². The van der Waals surface area contributed by atoms with Crippen molar-refractivity contribution in [1.29, 1.82) is 0 Å². The van der Waals surface area contributed by atoms with Crippen LogP contribution in [0.4, 0.5) is 0 Å². The number of unbranched alkanes of at least 4 members (excludes halogenated alkanes) is 2. The van der Waals surface area contributed by atoms with Crippen molar-refractivity contribution >= 4 is 5.91 Å². The van der Waals surface area contributed by atoms with Gasteiger partial charge < -0.3 is 10.1 Å². The predicted octanol–water partition coefficient (Wildman–Crippen LogP) is 1.72. The Hall–Kier alpha value is -0.570. The summed E-state index contributed by atoms with van der Waals surface area (Å²) in [7, 11) is 1.69. The molecule has 0 aromatic rings. The van der Waals surface area contributed by atoms with Gasteiger partial charge in [-0.05, 0) is 19.3 Å². The largest absolute Gasteiger partial charge is 0.385 e. The average Bonchev–Trinajstić information content (AvgIpc) is 2.14. The fourth-order valence-corrected chi connectivity index (χ4v) is 1.02. The molecule has 0 unspecified atom stereocenters. The minimum absolute atomic E-state index is 0.180. The van der Waals surface area contributed by atoms with E-state index in [1.165, 1.54) is 0 Å². The Bertz CT molecular complexity index is 126. The van der Waals surface area contributed by atoms with Crippen molar-refractivity contribution in [3.63, 3.8) is 0 Å². The summed E-state index contributed by atoms with van der Waals surface area (Å²) >= 11 is 0. The summed E-state index contributed by atoms with van der Waals surface area (Å²) in [6, 6.07) is 0. The zero-order valence-corrected chi connectivity index (χ0v) is 8.77. The van der Waals surface area contributed by atoms with E-state index in [9.17, 15) is 4.79 Å². The molecule has 3 nitrogen and oxygen atoms in total. The molecule has 1 amide bonds. The van der Waals surface area contributed by atoms with Crippen molar-refractivity contribution < 1.29 is 9.53 Å². The number of carbonyl (C=O) groups is 1. The van der Waals surface area contributed by atoms with E-state index in [-0.39, 0.29) is 5.91 Å². The first-order valence-corrected chi connectivity index (χ1v) is 5.07. The van der Waals surface area contributed by atoms with Crippen LogP contribution in [0.2, 0.25) is 0 Å². The van der Waals surface area contributed by atoms with Gasteiger partial charge in [-0.1, -0.05) is 13.3 Å². The standard InChI is InChI=1S/C10H21NO2/c1-3-4-7-10(12)11-8-5-6-9-13-2/h3-9H2,1-2H3,(H,11,12). The Morgan fingerprint density at radius 3 is 2.69 bits per heavy atom. The highest BCUT2D eigenvalue weighted by Gasteiger charge is 1.97. The molecule has 3 heteroatoms. The number of rotatable bonds is 8. The summed E-state index contributed by atoms with van der Waals surface area (Å²) in [5.41, 5.74) is 0. The number of hydrogen-bond donors (Lipinski definition) is 1. The van der Waals surface area contributed by atoms with Crippen LogP contribution in [0.15, 0.2) is 0 Å². The van der Waals surface area contributed by atoms with Gasteiger partial charge in [0.1, 0.15) is 0 Å². The Kier molecular flexibility index (Phi) is 9.10. The van der Waals surface area contributed by atoms with Crippen LogP contribution >= 0.6 is 0 Å². The van der Waals surface area contributed by atoms with Gasteiger partial charge in [-0.2, -0.15) is 0 Å². The molecule has 0 bridgehead atoms. The van der Waals surface area contributed by atoms with Gasteiger partial charge >= 0.3 is 0 Å². The second-order valence-corrected chi connectivity index (χ2v) is 3.15. The van der Waals surface area contributed by atoms with Gasteiger partial charge in [-0.15, -0.1) is 0 Å². The van der Waals surface area contributed by atoms with Crippen LogP contribution in [-0.2, 0) is 9.53 Å². The number of hydrogen-bond acceptors (Lipinski definition) is 2. The highest BCUT2D eigenvalue weighted by atomic mass is 16.5. The second kappa shape index (κ2) is 9.52. The molecule has 0 aromatic heterocycles. The quantitative estimate of drug-likeness (QED) is 0.588. The van der Waals surface area contributed by atoms with Crippen molar-refractivity contribution in [3.8, 4) is 0 Å². The van der Waals surface area contributed by atoms with Crippen LogP contribution in [0.1, 0.15) is 39.0 Å². The molecule has 0 heterocycles. The van der Waals surface area contributed by atoms with Crippen LogP contribution in [-0.4, -0.2) is 26.2 Å². The number of ether oxygens (including phenoxy) is 1. The number of methoxy groups -OCH3 is 1. The van der Waals surface area contributed by atoms with E-state index >= 15 is 0 Å². The maximum absolute atomic E-state index is 11.1. The maximum atomic E-state index is 11.1. The van der Waals surface area contributed by atoms with Crippen molar-refractivity contribution in [1.82, 2.24) is 5.32 Å². The van der Waals surface area contributed by atoms with Gasteiger partial charge in [0.2, 0.25) is 5.91 Å². The summed E-state index contributed by atoms with van der Waals surface area (Å²) in [4.78, 5) is 11.1. The molecular weight excluding hydrogens is 166 g/mol. The summed E-state index contributed by atoms with van der Waals surface area (Å²) in [6.45, 7) is 3.66. The first-order chi connectivity index (χ1) is 6.31. The average molecular weight is 187 g/mol. The highest BCUT2D eigenvalue weighted by Crippen LogP contribution is 1.93. The zero-order valence-electron chi connectivity index (χ0n) is 8.77. The number of carbonyl (C=O) groups excluding carboxylic acids is 1. The molecule has 78 valence electrons. The minimum atomic E-state index is 0.180. The minimum Gasteiger partial charge on any atom is -0.385 e. The van der Waals surface area contributed by atoms with Crippen molar-refractivity contribution in [2.75, 3.05) is 20.3 Å². The molecule has 1 N–H and O–H groups in total. The lowest BCUT2D eigenvalue weighted by molar-refractivity contribution is -0.121. The second-order valence-electron chi connectivity index (χ2n) is 3.15. The highest BCUT2D eigenvalue weighted by molar-refractivity contribution is 5.75. The molecule has 0 saturated carbocycles. The van der Waals surface area contributed by atoms with Crippen LogP contribution in [0.3, 0.4) is 0 Å². The third kappa shape index (κ3) is 9.34. The van der Waals surface area contributed by atoms with Crippen LogP contribution in [0.5, 0.6) is 0 Å². The van der Waals surface area contributed by atoms with Crippen LogP contribution in [0.25, 0.3) is 0 Å². The van der Waals surface area contributed by atoms with E-state index < -0.39 is 0 Å². The smallest absolute Gasteiger partial charge is 0.219 e. The van der Waals surface area contributed by atoms with Gasteiger partial charge in [0, 0.05) is 26.7 Å². The van der Waals surface area contributed by atoms with E-state index in [4.69, 9.17) is 4.74 Å². The fraction of sp³-hybridized carbons (Fsp3) is 0.900. The molecule has 0 aliphatic heterocycles. The molecule has 0 spiro atoms. The van der Waals surface area contributed by atoms with Crippen molar-refractivity contribution in [3.05, 3.63) is 0 Å². The molecule has 0 radical (unpaired) electrons. The Balaban J connectivity index is 3.08. The summed E-state index contributed by atoms with van der Waals surface area (Å²) < 4.78 is 4.90. The first-order valence-electron chi connectivity index (χ1n) is 5.07. The van der Waals surface area contributed by atoms with E-state index in [0.29, 0.717) is 6.42 Å². The predicted molar refractivity (Wildman–Crippen MR) is 53.6 cm³/mol. The van der Waals surface area contributed by atoms with Crippen molar-refractivity contribution in [2.45, 2.75) is 39.0 Å². The summed E-state index contributed by atoms with van der Waals surface area (Å²) in [6.07, 6.45) is 4.76. The molecule has 0 fully saturated rings. The molecular formula is C10H21NO2. The summed E-state index contributed by atoms with van der Waals surface area (Å²) in [5, 5.41) is 2.88. The lowest BCUT2D eigenvalue weighted by Gasteiger charge is -2.03. The van der Waals surface area contributed by atoms with E-state index in [1.807, 2.05) is 0 Å². The Labute approximate surface area is 80.8 Å². The molecule has 0 aliphatic rings. The fourth-order valence-electron chi connectivity index (χ4n) is 1.02. The third-order valence-electron chi connectivity index (χ3n) is 1.85. The maximum Gasteiger partial charge on any atom is 0.219 e. The molecule has 0 aliphatic carbocycles. The summed E-state index contributed by atoms with van der Waals surface area (Å²) in [5.74, 6) is 0.180. The Morgan fingerprint density at radius 1 is 1.31 bits per heavy atom. The SMILES string of the molecule is CCCCC(=O)NCCCCOC. The normalized spacial score (nSPS) is 10.0. The monoisotopic (exact) mass is 187 g/mol. The van der Waals surface area contributed by atoms with Gasteiger partial charge in [0.15, 0.2) is 0 Å². The van der Waals surface area contributed by atoms with Gasteiger partial charge in [0.05, 0.1) is 0 Å². The lowest BCUT2D eigenvalue weighted by atomic mass is 10.2. The molecule has 0 rings (SSSR count). The number of nitrogens with one attached hydrogen (secondary N) is 1. The van der Waals surface area contributed by atoms with Crippen LogP contribution < -0.4 is 5.32 Å². The third-order valence-corrected chi connectivity index (χ3v) is 1.85. The number of amides is 1. The van der Waals surface area contributed by atoms with Gasteiger partial charge in [0.25, 0.3) is 0 Å². The van der Waals surface area contributed by atoms with Gasteiger partial charge in [-0.25, -0.2) is 0 Å². The molecule has 0 saturated heterocycles. The van der Waals surface area contributed by atoms with Crippen LogP contribution in [0, 0.1) is 0 Å². The van der Waals surface area contributed by atoms with Crippen molar-refractivity contribution in [2.24, 2.45) is 0 Å². The zero-order chi connectivity index (χ0) is 9.94. The first kappa shape index (κ1) is 12.4. The molecule has 13 heavy (non-hydrogen) atoms. The molecule has 0 atom stereocenters. The molecule has 0 aromatic carbocycles. The van der Waals surface area contributed by atoms with E-state index in [2.05, 4.69) is 12.2 Å². The lowest BCUT2D eigenvalue weighted by Crippen LogP contribution is -2.24. The Morgan fingerprint density at radius 2 is 2.08 bits per heavy atom. The topological polar surface area (TPSA) is 38.3 Å². The van der Waals surface area contributed by atoms with E-state index in [0.717, 1.165) is 38.8 Å².